The van der Waals surface area contributed by atoms with E-state index >= 15 is 0 Å². The van der Waals surface area contributed by atoms with Crippen molar-refractivity contribution < 1.29 is 19.6 Å². The molecule has 0 aromatic heterocycles. The van der Waals surface area contributed by atoms with Gasteiger partial charge in [-0.15, -0.1) is 0 Å². The standard InChI is InChI=1S/C13H16N2O5/c1-20-9-5-7-14(8-6-9)11-4-2-3-10(13(16)17)12(11)15(18)19/h2-4,9H,5-8H2,1H3,(H,16,17). The summed E-state index contributed by atoms with van der Waals surface area (Å²) in [5.74, 6) is -1.29. The van der Waals surface area contributed by atoms with Gasteiger partial charge in [-0.2, -0.15) is 0 Å². The molecule has 0 bridgehead atoms. The number of carbonyl (C=O) groups is 1. The molecule has 1 N–H and O–H groups in total. The molecular weight excluding hydrogens is 264 g/mol. The zero-order chi connectivity index (χ0) is 14.7. The quantitative estimate of drug-likeness (QED) is 0.669. The van der Waals surface area contributed by atoms with Crippen LogP contribution in [0.4, 0.5) is 11.4 Å². The topological polar surface area (TPSA) is 92.9 Å². The van der Waals surface area contributed by atoms with Crippen molar-refractivity contribution in [3.8, 4) is 0 Å². The fraction of sp³-hybridized carbons (Fsp3) is 0.462. The normalized spacial score (nSPS) is 16.1. The molecular formula is C13H16N2O5. The van der Waals surface area contributed by atoms with Crippen LogP contribution in [0.3, 0.4) is 0 Å². The van der Waals surface area contributed by atoms with Crippen LogP contribution in [0, 0.1) is 10.1 Å². The summed E-state index contributed by atoms with van der Waals surface area (Å²) >= 11 is 0. The highest BCUT2D eigenvalue weighted by atomic mass is 16.6. The van der Waals surface area contributed by atoms with Crippen LogP contribution < -0.4 is 4.90 Å². The second kappa shape index (κ2) is 5.87. The summed E-state index contributed by atoms with van der Waals surface area (Å²) in [6, 6.07) is 4.39. The molecule has 2 rings (SSSR count). The number of rotatable bonds is 4. The lowest BCUT2D eigenvalue weighted by atomic mass is 10.0. The fourth-order valence-corrected chi connectivity index (χ4v) is 2.48. The number of para-hydroxylation sites is 1. The largest absolute Gasteiger partial charge is 0.477 e. The molecule has 1 saturated heterocycles. The number of hydrogen-bond acceptors (Lipinski definition) is 5. The molecule has 1 heterocycles. The van der Waals surface area contributed by atoms with Crippen LogP contribution in [-0.4, -0.2) is 42.3 Å². The Balaban J connectivity index is 2.35. The van der Waals surface area contributed by atoms with E-state index in [0.717, 1.165) is 12.8 Å². The highest BCUT2D eigenvalue weighted by molar-refractivity contribution is 5.95. The van der Waals surface area contributed by atoms with Gasteiger partial charge in [0.2, 0.25) is 0 Å². The van der Waals surface area contributed by atoms with E-state index in [1.807, 2.05) is 4.90 Å². The van der Waals surface area contributed by atoms with Crippen LogP contribution in [0.15, 0.2) is 18.2 Å². The molecule has 108 valence electrons. The van der Waals surface area contributed by atoms with Crippen LogP contribution in [0.1, 0.15) is 23.2 Å². The average Bonchev–Trinajstić information content (AvgIpc) is 2.46. The molecule has 7 heteroatoms. The van der Waals surface area contributed by atoms with Gasteiger partial charge in [-0.25, -0.2) is 4.79 Å². The van der Waals surface area contributed by atoms with Crippen LogP contribution in [0.25, 0.3) is 0 Å². The van der Waals surface area contributed by atoms with Crippen LogP contribution >= 0.6 is 0 Å². The van der Waals surface area contributed by atoms with Gasteiger partial charge in [-0.3, -0.25) is 10.1 Å². The van der Waals surface area contributed by atoms with E-state index in [-0.39, 0.29) is 17.4 Å². The molecule has 0 saturated carbocycles. The molecule has 1 aliphatic heterocycles. The van der Waals surface area contributed by atoms with E-state index in [2.05, 4.69) is 0 Å². The molecule has 0 aliphatic carbocycles. The van der Waals surface area contributed by atoms with E-state index in [1.54, 1.807) is 13.2 Å². The van der Waals surface area contributed by atoms with Crippen LogP contribution in [0.2, 0.25) is 0 Å². The van der Waals surface area contributed by atoms with Crippen molar-refractivity contribution in [3.05, 3.63) is 33.9 Å². The van der Waals surface area contributed by atoms with Gasteiger partial charge in [-0.1, -0.05) is 6.07 Å². The number of hydrogen-bond donors (Lipinski definition) is 1. The summed E-state index contributed by atoms with van der Waals surface area (Å²) in [5.41, 5.74) is -0.248. The van der Waals surface area contributed by atoms with Crippen molar-refractivity contribution in [1.82, 2.24) is 0 Å². The first-order valence-electron chi connectivity index (χ1n) is 6.33. The Bertz CT molecular complexity index is 523. The number of nitrogens with zero attached hydrogens (tertiary/aromatic N) is 2. The van der Waals surface area contributed by atoms with Gasteiger partial charge in [0.05, 0.1) is 11.0 Å². The summed E-state index contributed by atoms with van der Waals surface area (Å²) in [5, 5.41) is 20.3. The summed E-state index contributed by atoms with van der Waals surface area (Å²) in [7, 11) is 1.65. The molecule has 0 spiro atoms. The zero-order valence-corrected chi connectivity index (χ0v) is 11.1. The van der Waals surface area contributed by atoms with Gasteiger partial charge in [-0.05, 0) is 25.0 Å². The Hall–Kier alpha value is -2.15. The van der Waals surface area contributed by atoms with E-state index in [0.29, 0.717) is 18.8 Å². The van der Waals surface area contributed by atoms with Gasteiger partial charge in [0, 0.05) is 20.2 Å². The van der Waals surface area contributed by atoms with Gasteiger partial charge in [0.1, 0.15) is 11.3 Å². The number of nitro benzene ring substituents is 1. The number of piperidine rings is 1. The van der Waals surface area contributed by atoms with Gasteiger partial charge >= 0.3 is 11.7 Å². The van der Waals surface area contributed by atoms with Crippen molar-refractivity contribution in [1.29, 1.82) is 0 Å². The Morgan fingerprint density at radius 3 is 2.60 bits per heavy atom. The lowest BCUT2D eigenvalue weighted by Gasteiger charge is -2.32. The molecule has 1 aromatic carbocycles. The second-order valence-corrected chi connectivity index (χ2v) is 4.66. The third kappa shape index (κ3) is 2.72. The van der Waals surface area contributed by atoms with Crippen molar-refractivity contribution >= 4 is 17.3 Å². The monoisotopic (exact) mass is 280 g/mol. The predicted octanol–water partition coefficient (Wildman–Crippen LogP) is 1.91. The highest BCUT2D eigenvalue weighted by Gasteiger charge is 2.29. The minimum atomic E-state index is -1.29. The lowest BCUT2D eigenvalue weighted by Crippen LogP contribution is -2.37. The predicted molar refractivity (Wildman–Crippen MR) is 72.3 cm³/mol. The molecule has 0 amide bonds. The lowest BCUT2D eigenvalue weighted by molar-refractivity contribution is -0.384. The van der Waals surface area contributed by atoms with Crippen molar-refractivity contribution in [2.75, 3.05) is 25.1 Å². The van der Waals surface area contributed by atoms with E-state index in [1.165, 1.54) is 12.1 Å². The molecule has 0 unspecified atom stereocenters. The number of methoxy groups -OCH3 is 1. The van der Waals surface area contributed by atoms with Crippen LogP contribution in [-0.2, 0) is 4.74 Å². The Labute approximate surface area is 115 Å². The van der Waals surface area contributed by atoms with Gasteiger partial charge in [0.25, 0.3) is 0 Å². The molecule has 1 aliphatic rings. The number of benzene rings is 1. The fourth-order valence-electron chi connectivity index (χ4n) is 2.48. The number of anilines is 1. The Morgan fingerprint density at radius 1 is 1.45 bits per heavy atom. The first-order chi connectivity index (χ1) is 9.54. The number of aromatic carboxylic acids is 1. The van der Waals surface area contributed by atoms with Crippen LogP contribution in [0.5, 0.6) is 0 Å². The maximum absolute atomic E-state index is 11.2. The molecule has 1 aromatic rings. The zero-order valence-electron chi connectivity index (χ0n) is 11.1. The maximum atomic E-state index is 11.2. The Morgan fingerprint density at radius 2 is 2.10 bits per heavy atom. The second-order valence-electron chi connectivity index (χ2n) is 4.66. The maximum Gasteiger partial charge on any atom is 0.342 e. The summed E-state index contributed by atoms with van der Waals surface area (Å²) < 4.78 is 5.26. The number of ether oxygens (including phenoxy) is 1. The van der Waals surface area contributed by atoms with Crippen molar-refractivity contribution in [2.45, 2.75) is 18.9 Å². The first-order valence-corrected chi connectivity index (χ1v) is 6.33. The minimum absolute atomic E-state index is 0.160. The third-order valence-corrected chi connectivity index (χ3v) is 3.54. The molecule has 1 fully saturated rings. The minimum Gasteiger partial charge on any atom is -0.477 e. The average molecular weight is 280 g/mol. The molecule has 0 atom stereocenters. The third-order valence-electron chi connectivity index (χ3n) is 3.54. The smallest absolute Gasteiger partial charge is 0.342 e. The number of carboxylic acid groups (broad SMARTS) is 1. The molecule has 7 nitrogen and oxygen atoms in total. The SMILES string of the molecule is COC1CCN(c2cccc(C(=O)O)c2[N+](=O)[O-])CC1. The summed E-state index contributed by atoms with van der Waals surface area (Å²) in [4.78, 5) is 23.5. The number of carboxylic acids is 1. The number of nitro groups is 1. The van der Waals surface area contributed by atoms with Gasteiger partial charge < -0.3 is 14.7 Å². The molecule has 20 heavy (non-hydrogen) atoms. The van der Waals surface area contributed by atoms with E-state index in [9.17, 15) is 14.9 Å². The first kappa shape index (κ1) is 14.3. The van der Waals surface area contributed by atoms with Crippen molar-refractivity contribution in [3.63, 3.8) is 0 Å². The van der Waals surface area contributed by atoms with Gasteiger partial charge in [0.15, 0.2) is 0 Å². The highest BCUT2D eigenvalue weighted by Crippen LogP contribution is 2.33. The Kier molecular flexibility index (Phi) is 4.19. The van der Waals surface area contributed by atoms with E-state index in [4.69, 9.17) is 9.84 Å². The summed E-state index contributed by atoms with van der Waals surface area (Å²) in [6.45, 7) is 1.23. The molecule has 0 radical (unpaired) electrons. The summed E-state index contributed by atoms with van der Waals surface area (Å²) in [6.07, 6.45) is 1.70. The van der Waals surface area contributed by atoms with E-state index < -0.39 is 10.9 Å². The van der Waals surface area contributed by atoms with Crippen molar-refractivity contribution in [2.24, 2.45) is 0 Å².